The predicted molar refractivity (Wildman–Crippen MR) is 118 cm³/mol. The molecular formula is C23H21NO3S2. The van der Waals surface area contributed by atoms with Crippen molar-refractivity contribution in [3.05, 3.63) is 100 Å². The highest BCUT2D eigenvalue weighted by molar-refractivity contribution is 7.96. The summed E-state index contributed by atoms with van der Waals surface area (Å²) in [6.45, 7) is 0. The first-order valence-corrected chi connectivity index (χ1v) is 12.2. The summed E-state index contributed by atoms with van der Waals surface area (Å²) >= 11 is 0. The molecule has 29 heavy (non-hydrogen) atoms. The van der Waals surface area contributed by atoms with Gasteiger partial charge in [0.25, 0.3) is 10.0 Å². The minimum atomic E-state index is -3.64. The topological polar surface area (TPSA) is 63.2 Å². The number of allylic oxidation sites excluding steroid dienone is 1. The lowest BCUT2D eigenvalue weighted by atomic mass is 9.98. The molecule has 1 N–H and O–H groups in total. The molecule has 3 aromatic carbocycles. The van der Waals surface area contributed by atoms with E-state index in [1.165, 1.54) is 0 Å². The number of aryl methyl sites for hydroxylation is 1. The van der Waals surface area contributed by atoms with Crippen LogP contribution in [0.3, 0.4) is 0 Å². The van der Waals surface area contributed by atoms with E-state index in [1.54, 1.807) is 24.3 Å². The van der Waals surface area contributed by atoms with E-state index in [4.69, 9.17) is 0 Å². The zero-order valence-corrected chi connectivity index (χ0v) is 17.4. The molecule has 1 aliphatic rings. The molecule has 0 saturated carbocycles. The predicted octanol–water partition coefficient (Wildman–Crippen LogP) is 4.72. The van der Waals surface area contributed by atoms with E-state index in [0.29, 0.717) is 29.2 Å². The Hall–Kier alpha value is -2.70. The quantitative estimate of drug-likeness (QED) is 0.624. The summed E-state index contributed by atoms with van der Waals surface area (Å²) in [7, 11) is -4.82. The third kappa shape index (κ3) is 4.66. The highest BCUT2D eigenvalue weighted by atomic mass is 32.2. The number of fused-ring (bicyclic) bond motifs is 1. The van der Waals surface area contributed by atoms with Crippen LogP contribution in [0.5, 0.6) is 0 Å². The smallest absolute Gasteiger partial charge is 0.258 e. The molecule has 3 aromatic rings. The maximum Gasteiger partial charge on any atom is 0.258 e. The average molecular weight is 424 g/mol. The van der Waals surface area contributed by atoms with E-state index in [1.807, 2.05) is 60.7 Å². The molecule has 0 aromatic heterocycles. The Morgan fingerprint density at radius 2 is 1.62 bits per heavy atom. The minimum absolute atomic E-state index is 0.329. The number of benzene rings is 3. The summed E-state index contributed by atoms with van der Waals surface area (Å²) in [5.41, 5.74) is 3.41. The van der Waals surface area contributed by atoms with Crippen molar-refractivity contribution in [1.82, 2.24) is 0 Å². The monoisotopic (exact) mass is 423 g/mol. The minimum Gasteiger partial charge on any atom is -0.280 e. The second kappa shape index (κ2) is 8.35. The second-order valence-corrected chi connectivity index (χ2v) is 10.1. The van der Waals surface area contributed by atoms with Crippen molar-refractivity contribution in [2.45, 2.75) is 23.5 Å². The molecule has 0 heterocycles. The van der Waals surface area contributed by atoms with Gasteiger partial charge in [0.05, 0.1) is 21.5 Å². The first-order valence-electron chi connectivity index (χ1n) is 9.35. The van der Waals surface area contributed by atoms with Gasteiger partial charge in [0.15, 0.2) is 0 Å². The van der Waals surface area contributed by atoms with Crippen molar-refractivity contribution in [2.24, 2.45) is 0 Å². The van der Waals surface area contributed by atoms with Crippen LogP contribution in [0.2, 0.25) is 0 Å². The first-order chi connectivity index (χ1) is 14.0. The number of rotatable bonds is 6. The fourth-order valence-corrected chi connectivity index (χ4v) is 5.70. The number of hydrogen-bond donors (Lipinski definition) is 1. The molecule has 1 aliphatic carbocycles. The van der Waals surface area contributed by atoms with Gasteiger partial charge in [-0.25, -0.2) is 8.42 Å². The molecule has 0 saturated heterocycles. The van der Waals surface area contributed by atoms with Crippen LogP contribution in [0.25, 0.3) is 6.08 Å². The Morgan fingerprint density at radius 3 is 2.45 bits per heavy atom. The molecular weight excluding hydrogens is 402 g/mol. The molecule has 4 rings (SSSR count). The molecule has 148 valence electrons. The van der Waals surface area contributed by atoms with E-state index >= 15 is 0 Å². The Kier molecular flexibility index (Phi) is 5.65. The molecule has 6 heteroatoms. The van der Waals surface area contributed by atoms with Crippen molar-refractivity contribution in [3.63, 3.8) is 0 Å². The molecule has 0 amide bonds. The van der Waals surface area contributed by atoms with E-state index in [9.17, 15) is 12.6 Å². The van der Waals surface area contributed by atoms with Gasteiger partial charge in [-0.1, -0.05) is 54.6 Å². The molecule has 0 bridgehead atoms. The normalized spacial score (nSPS) is 14.6. The molecule has 0 aliphatic heterocycles. The zero-order chi connectivity index (χ0) is 20.3. The lowest BCUT2D eigenvalue weighted by Crippen LogP contribution is -2.17. The highest BCUT2D eigenvalue weighted by Gasteiger charge is 2.21. The molecule has 0 unspecified atom stereocenters. The highest BCUT2D eigenvalue weighted by Crippen LogP contribution is 2.28. The van der Waals surface area contributed by atoms with Crippen LogP contribution < -0.4 is 4.72 Å². The summed E-state index contributed by atoms with van der Waals surface area (Å²) in [5, 5.41) is 0. The van der Waals surface area contributed by atoms with Crippen molar-refractivity contribution in [1.29, 1.82) is 0 Å². The van der Waals surface area contributed by atoms with Crippen LogP contribution in [0.1, 0.15) is 23.1 Å². The SMILES string of the molecule is O=[S@](Cc1cccc(NS(=O)(=O)C2=Cc3ccccc3CC2)c1)c1ccccc1. The van der Waals surface area contributed by atoms with E-state index < -0.39 is 20.8 Å². The Labute approximate surface area is 173 Å². The largest absolute Gasteiger partial charge is 0.280 e. The summed E-state index contributed by atoms with van der Waals surface area (Å²) < 4.78 is 41.0. The van der Waals surface area contributed by atoms with Gasteiger partial charge in [-0.05, 0) is 59.9 Å². The standard InChI is InChI=1S/C23H21NO3S2/c25-28(22-11-2-1-3-12-22)17-18-7-6-10-21(15-18)24-29(26,27)23-14-13-19-8-4-5-9-20(19)16-23/h1-12,15-16,24H,13-14,17H2/t28-/m1/s1. The summed E-state index contributed by atoms with van der Waals surface area (Å²) in [5.74, 6) is 0.329. The Morgan fingerprint density at radius 1 is 0.862 bits per heavy atom. The van der Waals surface area contributed by atoms with Gasteiger partial charge in [0, 0.05) is 10.6 Å². The van der Waals surface area contributed by atoms with Gasteiger partial charge >= 0.3 is 0 Å². The fourth-order valence-electron chi connectivity index (χ4n) is 3.37. The van der Waals surface area contributed by atoms with Crippen molar-refractivity contribution < 1.29 is 12.6 Å². The van der Waals surface area contributed by atoms with E-state index in [0.717, 1.165) is 21.6 Å². The summed E-state index contributed by atoms with van der Waals surface area (Å²) in [6, 6.07) is 24.2. The molecule has 4 nitrogen and oxygen atoms in total. The molecule has 1 atom stereocenters. The van der Waals surface area contributed by atoms with Gasteiger partial charge in [-0.3, -0.25) is 8.93 Å². The lowest BCUT2D eigenvalue weighted by molar-refractivity contribution is 0.605. The summed E-state index contributed by atoms with van der Waals surface area (Å²) in [4.78, 5) is 1.14. The fraction of sp³-hybridized carbons (Fsp3) is 0.130. The van der Waals surface area contributed by atoms with Crippen molar-refractivity contribution >= 4 is 32.6 Å². The summed E-state index contributed by atoms with van der Waals surface area (Å²) in [6.07, 6.45) is 2.93. The number of nitrogens with one attached hydrogen (secondary N) is 1. The number of hydrogen-bond acceptors (Lipinski definition) is 3. The molecule has 0 fully saturated rings. The number of anilines is 1. The van der Waals surface area contributed by atoms with Crippen LogP contribution >= 0.6 is 0 Å². The van der Waals surface area contributed by atoms with Gasteiger partial charge in [-0.2, -0.15) is 0 Å². The number of sulfonamides is 1. The average Bonchev–Trinajstić information content (AvgIpc) is 2.74. The van der Waals surface area contributed by atoms with Crippen LogP contribution in [-0.4, -0.2) is 12.6 Å². The van der Waals surface area contributed by atoms with E-state index in [-0.39, 0.29) is 0 Å². The van der Waals surface area contributed by atoms with Gasteiger partial charge in [-0.15, -0.1) is 0 Å². The molecule has 0 radical (unpaired) electrons. The van der Waals surface area contributed by atoms with E-state index in [2.05, 4.69) is 4.72 Å². The maximum absolute atomic E-state index is 12.9. The zero-order valence-electron chi connectivity index (χ0n) is 15.7. The van der Waals surface area contributed by atoms with Gasteiger partial charge in [0.2, 0.25) is 0 Å². The third-order valence-corrected chi connectivity index (χ3v) is 7.75. The second-order valence-electron chi connectivity index (χ2n) is 6.92. The third-order valence-electron chi connectivity index (χ3n) is 4.84. The molecule has 0 spiro atoms. The van der Waals surface area contributed by atoms with Gasteiger partial charge < -0.3 is 0 Å². The van der Waals surface area contributed by atoms with Crippen LogP contribution in [-0.2, 0) is 33.0 Å². The van der Waals surface area contributed by atoms with Crippen molar-refractivity contribution in [2.75, 3.05) is 4.72 Å². The first kappa shape index (κ1) is 19.6. The van der Waals surface area contributed by atoms with Gasteiger partial charge in [0.1, 0.15) is 0 Å². The van der Waals surface area contributed by atoms with Crippen molar-refractivity contribution in [3.8, 4) is 0 Å². The Bertz CT molecular complexity index is 1190. The Balaban J connectivity index is 1.52. The van der Waals surface area contributed by atoms with Crippen LogP contribution in [0, 0.1) is 0 Å². The lowest BCUT2D eigenvalue weighted by Gasteiger charge is -2.17. The van der Waals surface area contributed by atoms with Crippen LogP contribution in [0.15, 0.2) is 88.7 Å². The maximum atomic E-state index is 12.9. The van der Waals surface area contributed by atoms with Crippen LogP contribution in [0.4, 0.5) is 5.69 Å².